The molecule has 1 saturated heterocycles. The Morgan fingerprint density at radius 2 is 1.67 bits per heavy atom. The van der Waals surface area contributed by atoms with Crippen LogP contribution in [0, 0.1) is 6.92 Å². The molecule has 0 radical (unpaired) electrons. The van der Waals surface area contributed by atoms with Crippen LogP contribution in [0.5, 0.6) is 5.75 Å². The number of halogens is 1. The predicted molar refractivity (Wildman–Crippen MR) is 145 cm³/mol. The number of benzene rings is 4. The van der Waals surface area contributed by atoms with Crippen LogP contribution in [0.25, 0.3) is 16.8 Å². The van der Waals surface area contributed by atoms with Gasteiger partial charge in [-0.25, -0.2) is 4.99 Å². The molecule has 0 spiro atoms. The first-order valence-corrected chi connectivity index (χ1v) is 13.5. The van der Waals surface area contributed by atoms with E-state index in [1.54, 1.807) is 54.6 Å². The average Bonchev–Trinajstić information content (AvgIpc) is 3.20. The van der Waals surface area contributed by atoms with Crippen LogP contribution in [0.4, 0.5) is 5.69 Å². The summed E-state index contributed by atoms with van der Waals surface area (Å²) in [6, 6.07) is 24.2. The fourth-order valence-electron chi connectivity index (χ4n) is 3.61. The van der Waals surface area contributed by atoms with Gasteiger partial charge in [0.25, 0.3) is 5.91 Å². The number of nitrogens with one attached hydrogen (secondary N) is 1. The quantitative estimate of drug-likeness (QED) is 0.234. The van der Waals surface area contributed by atoms with Gasteiger partial charge >= 0.3 is 10.1 Å². The molecular weight excluding hydrogens is 516 g/mol. The van der Waals surface area contributed by atoms with Gasteiger partial charge in [0.2, 0.25) is 0 Å². The number of aliphatic imine (C=N–C) groups is 1. The molecular formula is C27H19ClN2O4S2. The van der Waals surface area contributed by atoms with Gasteiger partial charge < -0.3 is 9.50 Å². The van der Waals surface area contributed by atoms with Crippen LogP contribution >= 0.6 is 23.4 Å². The number of fused-ring (bicyclic) bond motifs is 1. The van der Waals surface area contributed by atoms with E-state index in [2.05, 4.69) is 10.3 Å². The predicted octanol–water partition coefficient (Wildman–Crippen LogP) is 6.46. The van der Waals surface area contributed by atoms with Crippen molar-refractivity contribution in [2.45, 2.75) is 11.8 Å². The van der Waals surface area contributed by atoms with E-state index in [0.29, 0.717) is 26.3 Å². The second kappa shape index (κ2) is 9.81. The van der Waals surface area contributed by atoms with E-state index in [0.717, 1.165) is 28.1 Å². The maximum absolute atomic E-state index is 13.0. The number of thioether (sulfide) groups is 1. The second-order valence-corrected chi connectivity index (χ2v) is 11.0. The Labute approximate surface area is 217 Å². The summed E-state index contributed by atoms with van der Waals surface area (Å²) in [7, 11) is -4.09. The minimum atomic E-state index is -4.09. The van der Waals surface area contributed by atoms with E-state index in [-0.39, 0.29) is 16.6 Å². The van der Waals surface area contributed by atoms with Gasteiger partial charge in [0.05, 0.1) is 10.6 Å². The zero-order valence-electron chi connectivity index (χ0n) is 18.9. The van der Waals surface area contributed by atoms with Gasteiger partial charge in [0.15, 0.2) is 10.9 Å². The number of hydrogen-bond acceptors (Lipinski definition) is 6. The van der Waals surface area contributed by atoms with Crippen molar-refractivity contribution in [3.63, 3.8) is 0 Å². The van der Waals surface area contributed by atoms with Gasteiger partial charge in [0.1, 0.15) is 4.90 Å². The number of amidine groups is 1. The molecule has 4 aromatic carbocycles. The SMILES string of the molecule is Cc1ccc(S(=O)(=O)Oc2ccc3ccccc3c2/C=C2\SC(=Nc3ccc(Cl)cc3)NC2=O)cc1. The van der Waals surface area contributed by atoms with Crippen molar-refractivity contribution < 1.29 is 17.4 Å². The maximum Gasteiger partial charge on any atom is 0.339 e. The van der Waals surface area contributed by atoms with Gasteiger partial charge in [0, 0.05) is 10.6 Å². The molecule has 0 aromatic heterocycles. The molecule has 1 aliphatic heterocycles. The van der Waals surface area contributed by atoms with E-state index in [1.807, 2.05) is 31.2 Å². The molecule has 0 atom stereocenters. The first kappa shape index (κ1) is 24.1. The highest BCUT2D eigenvalue weighted by Crippen LogP contribution is 2.36. The highest BCUT2D eigenvalue weighted by Gasteiger charge is 2.26. The first-order chi connectivity index (χ1) is 17.3. The molecule has 180 valence electrons. The molecule has 1 fully saturated rings. The summed E-state index contributed by atoms with van der Waals surface area (Å²) in [6.07, 6.45) is 1.63. The van der Waals surface area contributed by atoms with Crippen molar-refractivity contribution >= 4 is 67.1 Å². The maximum atomic E-state index is 13.0. The molecule has 1 amide bonds. The summed E-state index contributed by atoms with van der Waals surface area (Å²) in [5.74, 6) is -0.216. The van der Waals surface area contributed by atoms with E-state index >= 15 is 0 Å². The lowest BCUT2D eigenvalue weighted by Crippen LogP contribution is -2.19. The minimum absolute atomic E-state index is 0.0465. The molecule has 9 heteroatoms. The van der Waals surface area contributed by atoms with Gasteiger partial charge in [-0.3, -0.25) is 4.79 Å². The summed E-state index contributed by atoms with van der Waals surface area (Å²) in [4.78, 5) is 17.6. The van der Waals surface area contributed by atoms with Crippen molar-refractivity contribution in [1.29, 1.82) is 0 Å². The number of hydrogen-bond donors (Lipinski definition) is 1. The monoisotopic (exact) mass is 534 g/mol. The van der Waals surface area contributed by atoms with Crippen molar-refractivity contribution in [2.75, 3.05) is 0 Å². The molecule has 5 rings (SSSR count). The number of nitrogens with zero attached hydrogens (tertiary/aromatic N) is 1. The highest BCUT2D eigenvalue weighted by molar-refractivity contribution is 8.18. The summed E-state index contributed by atoms with van der Waals surface area (Å²) < 4.78 is 31.6. The number of carbonyl (C=O) groups is 1. The Bertz CT molecular complexity index is 1650. The van der Waals surface area contributed by atoms with Crippen LogP contribution in [-0.4, -0.2) is 19.5 Å². The van der Waals surface area contributed by atoms with Crippen molar-refractivity contribution in [3.05, 3.63) is 106 Å². The number of carbonyl (C=O) groups excluding carboxylic acids is 1. The summed E-state index contributed by atoms with van der Waals surface area (Å²) in [6.45, 7) is 1.87. The smallest absolute Gasteiger partial charge is 0.339 e. The van der Waals surface area contributed by atoms with Crippen LogP contribution in [-0.2, 0) is 14.9 Å². The summed E-state index contributed by atoms with van der Waals surface area (Å²) >= 11 is 7.09. The van der Waals surface area contributed by atoms with E-state index in [4.69, 9.17) is 15.8 Å². The van der Waals surface area contributed by atoms with Crippen molar-refractivity contribution in [2.24, 2.45) is 4.99 Å². The molecule has 6 nitrogen and oxygen atoms in total. The zero-order valence-corrected chi connectivity index (χ0v) is 21.3. The molecule has 1 heterocycles. The Kier molecular flexibility index (Phi) is 6.57. The van der Waals surface area contributed by atoms with Crippen molar-refractivity contribution in [1.82, 2.24) is 5.32 Å². The van der Waals surface area contributed by atoms with E-state index in [1.165, 1.54) is 12.1 Å². The second-order valence-electron chi connectivity index (χ2n) is 8.01. The Balaban J connectivity index is 1.54. The lowest BCUT2D eigenvalue weighted by Gasteiger charge is -2.12. The highest BCUT2D eigenvalue weighted by atomic mass is 35.5. The zero-order chi connectivity index (χ0) is 25.3. The van der Waals surface area contributed by atoms with Crippen LogP contribution in [0.3, 0.4) is 0 Å². The normalized spacial score (nSPS) is 16.0. The van der Waals surface area contributed by atoms with Gasteiger partial charge in [-0.1, -0.05) is 59.6 Å². The number of amides is 1. The molecule has 36 heavy (non-hydrogen) atoms. The van der Waals surface area contributed by atoms with Crippen LogP contribution in [0.15, 0.2) is 99.7 Å². The van der Waals surface area contributed by atoms with Crippen LogP contribution < -0.4 is 9.50 Å². The average molecular weight is 535 g/mol. The van der Waals surface area contributed by atoms with Crippen LogP contribution in [0.1, 0.15) is 11.1 Å². The fraction of sp³-hybridized carbons (Fsp3) is 0.0370. The van der Waals surface area contributed by atoms with Crippen molar-refractivity contribution in [3.8, 4) is 5.75 Å². The Morgan fingerprint density at radius 1 is 0.944 bits per heavy atom. The first-order valence-electron chi connectivity index (χ1n) is 10.9. The molecule has 0 saturated carbocycles. The Hall–Kier alpha value is -3.59. The minimum Gasteiger partial charge on any atom is -0.378 e. The third kappa shape index (κ3) is 5.16. The van der Waals surface area contributed by atoms with Gasteiger partial charge in [-0.15, -0.1) is 0 Å². The molecule has 0 aliphatic carbocycles. The fourth-order valence-corrected chi connectivity index (χ4v) is 5.51. The molecule has 1 aliphatic rings. The lowest BCUT2D eigenvalue weighted by atomic mass is 10.0. The summed E-state index contributed by atoms with van der Waals surface area (Å²) in [5, 5.41) is 5.37. The van der Waals surface area contributed by atoms with Crippen LogP contribution in [0.2, 0.25) is 5.02 Å². The molecule has 4 aromatic rings. The molecule has 1 N–H and O–H groups in total. The van der Waals surface area contributed by atoms with Gasteiger partial charge in [-0.2, -0.15) is 8.42 Å². The van der Waals surface area contributed by atoms with E-state index in [9.17, 15) is 13.2 Å². The Morgan fingerprint density at radius 3 is 2.42 bits per heavy atom. The van der Waals surface area contributed by atoms with Gasteiger partial charge in [-0.05, 0) is 78.0 Å². The summed E-state index contributed by atoms with van der Waals surface area (Å²) in [5.41, 5.74) is 2.06. The third-order valence-electron chi connectivity index (χ3n) is 5.42. The molecule has 0 bridgehead atoms. The standard InChI is InChI=1S/C27H19ClN2O4S2/c1-17-6-13-21(14-7-17)36(32,33)34-24-15-8-18-4-2-3-5-22(18)23(24)16-25-26(31)30-27(35-25)29-20-11-9-19(28)10-12-20/h2-16H,1H3,(H,29,30,31)/b25-16-. The number of aryl methyl sites for hydroxylation is 1. The lowest BCUT2D eigenvalue weighted by molar-refractivity contribution is -0.115. The number of rotatable bonds is 5. The topological polar surface area (TPSA) is 84.8 Å². The molecule has 0 unspecified atom stereocenters. The largest absolute Gasteiger partial charge is 0.378 e. The third-order valence-corrected chi connectivity index (χ3v) is 7.83. The van der Waals surface area contributed by atoms with E-state index < -0.39 is 10.1 Å².